The minimum Gasteiger partial charge on any atom is -0.507 e. The zero-order valence-electron chi connectivity index (χ0n) is 28.5. The highest BCUT2D eigenvalue weighted by Gasteiger charge is 2.56. The molecule has 47 heavy (non-hydrogen) atoms. The van der Waals surface area contributed by atoms with Gasteiger partial charge in [0, 0.05) is 80.0 Å². The second-order valence-corrected chi connectivity index (χ2v) is 16.1. The summed E-state index contributed by atoms with van der Waals surface area (Å²) in [6.07, 6.45) is 8.11. The number of likely N-dealkylation sites (tertiary alicyclic amines) is 3. The molecule has 2 aromatic heterocycles. The first kappa shape index (κ1) is 31.1. The molecule has 10 nitrogen and oxygen atoms in total. The Morgan fingerprint density at radius 3 is 2.32 bits per heavy atom. The zero-order valence-corrected chi connectivity index (χ0v) is 28.5. The Morgan fingerprint density at radius 1 is 0.936 bits per heavy atom. The maximum Gasteiger partial charge on any atom is 0.410 e. The van der Waals surface area contributed by atoms with Crippen molar-refractivity contribution in [3.8, 4) is 17.0 Å². The van der Waals surface area contributed by atoms with Gasteiger partial charge in [-0.3, -0.25) is 9.80 Å². The van der Waals surface area contributed by atoms with Crippen molar-refractivity contribution in [3.05, 3.63) is 41.6 Å². The summed E-state index contributed by atoms with van der Waals surface area (Å²) in [6.45, 7) is 15.8. The van der Waals surface area contributed by atoms with Gasteiger partial charge >= 0.3 is 6.09 Å². The highest BCUT2D eigenvalue weighted by atomic mass is 16.6. The van der Waals surface area contributed by atoms with Crippen LogP contribution in [0.15, 0.2) is 30.3 Å². The van der Waals surface area contributed by atoms with Crippen LogP contribution in [-0.2, 0) is 11.2 Å². The smallest absolute Gasteiger partial charge is 0.410 e. The molecule has 3 saturated heterocycles. The normalized spacial score (nSPS) is 25.1. The number of phenolic OH excluding ortho intramolecular Hbond substituents is 1. The molecule has 6 heterocycles. The Balaban J connectivity index is 0.822. The number of H-pyrrole nitrogens is 1. The number of fused-ring (bicyclic) bond motifs is 3. The predicted octanol–water partition coefficient (Wildman–Crippen LogP) is 5.58. The lowest BCUT2D eigenvalue weighted by Gasteiger charge is -2.64. The maximum absolute atomic E-state index is 12.5. The van der Waals surface area contributed by atoms with Gasteiger partial charge in [0.15, 0.2) is 5.65 Å². The molecule has 0 bridgehead atoms. The van der Waals surface area contributed by atoms with E-state index in [0.717, 1.165) is 61.5 Å². The van der Waals surface area contributed by atoms with Crippen molar-refractivity contribution in [1.82, 2.24) is 34.8 Å². The molecule has 8 rings (SSSR count). The molecule has 4 aliphatic heterocycles. The molecule has 1 spiro atoms. The van der Waals surface area contributed by atoms with E-state index in [4.69, 9.17) is 4.74 Å². The quantitative estimate of drug-likeness (QED) is 0.381. The van der Waals surface area contributed by atoms with Gasteiger partial charge in [0.25, 0.3) is 0 Å². The number of nitrogens with one attached hydrogen (secondary N) is 1. The first-order valence-electron chi connectivity index (χ1n) is 17.9. The maximum atomic E-state index is 12.5. The minimum atomic E-state index is -0.434. The highest BCUT2D eigenvalue weighted by molar-refractivity contribution is 5.86. The van der Waals surface area contributed by atoms with Gasteiger partial charge in [0.05, 0.1) is 5.69 Å². The number of benzene rings is 1. The van der Waals surface area contributed by atoms with Gasteiger partial charge in [-0.1, -0.05) is 12.1 Å². The van der Waals surface area contributed by atoms with Gasteiger partial charge < -0.3 is 24.6 Å². The van der Waals surface area contributed by atoms with Crippen LogP contribution in [-0.4, -0.2) is 116 Å². The van der Waals surface area contributed by atoms with E-state index in [2.05, 4.69) is 42.9 Å². The number of phenols is 1. The van der Waals surface area contributed by atoms with Gasteiger partial charge in [0.2, 0.25) is 0 Å². The molecule has 1 saturated carbocycles. The van der Waals surface area contributed by atoms with Crippen molar-refractivity contribution in [2.75, 3.05) is 45.8 Å². The molecule has 252 valence electrons. The third kappa shape index (κ3) is 5.80. The molecule has 3 aromatic rings. The summed E-state index contributed by atoms with van der Waals surface area (Å²) in [5, 5.41) is 20.5. The van der Waals surface area contributed by atoms with E-state index in [9.17, 15) is 9.90 Å². The number of carbonyl (C=O) groups excluding carboxylic acids is 1. The van der Waals surface area contributed by atoms with Crippen molar-refractivity contribution in [1.29, 1.82) is 0 Å². The van der Waals surface area contributed by atoms with Crippen LogP contribution in [0.2, 0.25) is 0 Å². The lowest BCUT2D eigenvalue weighted by atomic mass is 9.59. The van der Waals surface area contributed by atoms with Crippen molar-refractivity contribution >= 4 is 17.1 Å². The number of amides is 1. The first-order valence-corrected chi connectivity index (χ1v) is 17.9. The Labute approximate surface area is 278 Å². The molecular weight excluding hydrogens is 590 g/mol. The molecule has 1 aliphatic carbocycles. The Morgan fingerprint density at radius 2 is 1.62 bits per heavy atom. The third-order valence-electron chi connectivity index (χ3n) is 11.9. The summed E-state index contributed by atoms with van der Waals surface area (Å²) < 4.78 is 5.59. The van der Waals surface area contributed by atoms with Crippen molar-refractivity contribution in [3.63, 3.8) is 0 Å². The molecule has 1 aromatic carbocycles. The van der Waals surface area contributed by atoms with E-state index in [-0.39, 0.29) is 11.8 Å². The van der Waals surface area contributed by atoms with Gasteiger partial charge in [-0.15, -0.1) is 10.2 Å². The molecule has 10 heteroatoms. The number of aromatic nitrogens is 3. The first-order chi connectivity index (χ1) is 22.6. The van der Waals surface area contributed by atoms with Crippen LogP contribution in [0.25, 0.3) is 22.3 Å². The number of hydrogen-bond donors (Lipinski definition) is 2. The fourth-order valence-corrected chi connectivity index (χ4v) is 9.52. The number of nitrogens with zero attached hydrogens (tertiary/aromatic N) is 6. The summed E-state index contributed by atoms with van der Waals surface area (Å²) in [7, 11) is 0. The number of para-hydroxylation sites is 1. The number of ether oxygens (including phenoxy) is 1. The van der Waals surface area contributed by atoms with Crippen molar-refractivity contribution in [2.45, 2.75) is 102 Å². The largest absolute Gasteiger partial charge is 0.507 e. The van der Waals surface area contributed by atoms with E-state index >= 15 is 0 Å². The number of rotatable bonds is 4. The van der Waals surface area contributed by atoms with Crippen LogP contribution in [0.5, 0.6) is 5.75 Å². The second-order valence-electron chi connectivity index (χ2n) is 16.1. The molecule has 2 N–H and O–H groups in total. The van der Waals surface area contributed by atoms with Crippen LogP contribution in [0.1, 0.15) is 83.5 Å². The topological polar surface area (TPSA) is 101 Å². The zero-order chi connectivity index (χ0) is 32.5. The van der Waals surface area contributed by atoms with Crippen LogP contribution < -0.4 is 0 Å². The molecular formula is C37H51N7O3. The number of piperidine rings is 2. The molecule has 1 atom stereocenters. The average Bonchev–Trinajstić information content (AvgIpc) is 3.39. The Kier molecular flexibility index (Phi) is 7.76. The summed E-state index contributed by atoms with van der Waals surface area (Å²) in [5.41, 5.74) is 5.01. The van der Waals surface area contributed by atoms with Gasteiger partial charge in [0.1, 0.15) is 11.4 Å². The van der Waals surface area contributed by atoms with E-state index in [0.29, 0.717) is 29.2 Å². The minimum absolute atomic E-state index is 0.161. The highest BCUT2D eigenvalue weighted by Crippen LogP contribution is 2.53. The lowest BCUT2D eigenvalue weighted by molar-refractivity contribution is -0.138. The van der Waals surface area contributed by atoms with Crippen LogP contribution >= 0.6 is 0 Å². The molecule has 4 fully saturated rings. The Hall–Kier alpha value is -3.21. The Bertz CT molecular complexity index is 1620. The van der Waals surface area contributed by atoms with E-state index in [1.54, 1.807) is 6.07 Å². The molecule has 1 amide bonds. The molecule has 0 radical (unpaired) electrons. The van der Waals surface area contributed by atoms with Crippen LogP contribution in [0.4, 0.5) is 4.79 Å². The lowest BCUT2D eigenvalue weighted by Crippen LogP contribution is -2.69. The number of carbonyl (C=O) groups is 1. The number of hydrogen-bond acceptors (Lipinski definition) is 8. The summed E-state index contributed by atoms with van der Waals surface area (Å²) >= 11 is 0. The van der Waals surface area contributed by atoms with Crippen molar-refractivity contribution < 1.29 is 14.6 Å². The monoisotopic (exact) mass is 641 g/mol. The van der Waals surface area contributed by atoms with Crippen LogP contribution in [0, 0.1) is 5.41 Å². The van der Waals surface area contributed by atoms with Gasteiger partial charge in [-0.2, -0.15) is 0 Å². The van der Waals surface area contributed by atoms with Gasteiger partial charge in [-0.25, -0.2) is 4.79 Å². The molecule has 0 unspecified atom stereocenters. The van der Waals surface area contributed by atoms with E-state index in [1.165, 1.54) is 63.1 Å². The number of aromatic amines is 1. The van der Waals surface area contributed by atoms with Gasteiger partial charge in [-0.05, 0) is 108 Å². The van der Waals surface area contributed by atoms with Crippen molar-refractivity contribution in [2.24, 2.45) is 5.41 Å². The molecule has 5 aliphatic rings. The van der Waals surface area contributed by atoms with E-state index < -0.39 is 5.60 Å². The predicted molar refractivity (Wildman–Crippen MR) is 182 cm³/mol. The summed E-state index contributed by atoms with van der Waals surface area (Å²) in [5.74, 6) is 0.234. The third-order valence-corrected chi connectivity index (χ3v) is 11.9. The van der Waals surface area contributed by atoms with Crippen LogP contribution in [0.3, 0.4) is 0 Å². The second kappa shape index (κ2) is 11.7. The standard InChI is InChI=1S/C37H51N7O3/c1-24-33-29-19-31(28-7-5-6-8-32(28)45)39-40-34(29)38-30(33)13-18-44(24)27-20-37(21-27)22-43(23-37)26-9-14-41(15-10-26)25-11-16-42(17-12-25)35(46)47-36(2,3)4/h5-8,19,24-27,45H,9-18,20-23H2,1-4H3,(H,38,40)/t24-/m1/s1. The average molecular weight is 642 g/mol. The van der Waals surface area contributed by atoms with E-state index in [1.807, 2.05) is 43.9 Å². The fourth-order valence-electron chi connectivity index (χ4n) is 9.52. The SMILES string of the molecule is C[C@@H]1c2c([nH]c3nnc(-c4ccccc4O)cc23)CCN1C1CC2(C1)CN(C1CCN(C3CCN(C(=O)OC(C)(C)C)CC3)CC1)C2. The summed E-state index contributed by atoms with van der Waals surface area (Å²) in [6, 6.07) is 11.8. The fraction of sp³-hybridized carbons (Fsp3) is 0.649. The number of aromatic hydroxyl groups is 1. The summed E-state index contributed by atoms with van der Waals surface area (Å²) in [4.78, 5) is 26.2.